The lowest BCUT2D eigenvalue weighted by Gasteiger charge is -2.36. The zero-order valence-electron chi connectivity index (χ0n) is 18.5. The van der Waals surface area contributed by atoms with E-state index in [4.69, 9.17) is 11.6 Å². The Balaban J connectivity index is 1.26. The van der Waals surface area contributed by atoms with E-state index < -0.39 is 0 Å². The van der Waals surface area contributed by atoms with Gasteiger partial charge in [0, 0.05) is 31.7 Å². The second-order valence-corrected chi connectivity index (χ2v) is 8.50. The molecule has 0 saturated carbocycles. The fourth-order valence-electron chi connectivity index (χ4n) is 4.17. The summed E-state index contributed by atoms with van der Waals surface area (Å²) in [5, 5.41) is 4.45. The number of hydrogen-bond acceptors (Lipinski definition) is 4. The summed E-state index contributed by atoms with van der Waals surface area (Å²) in [6.07, 6.45) is 1.62. The molecule has 5 rings (SSSR count). The molecule has 0 spiro atoms. The Hall–Kier alpha value is -3.90. The molecule has 170 valence electrons. The van der Waals surface area contributed by atoms with Crippen molar-refractivity contribution >= 4 is 23.2 Å². The third kappa shape index (κ3) is 4.32. The van der Waals surface area contributed by atoms with E-state index in [9.17, 15) is 9.59 Å². The van der Waals surface area contributed by atoms with Crippen LogP contribution >= 0.6 is 11.6 Å². The smallest absolute Gasteiger partial charge is 0.292 e. The maximum atomic E-state index is 13.0. The Bertz CT molecular complexity index is 1350. The van der Waals surface area contributed by atoms with Crippen molar-refractivity contribution < 1.29 is 4.79 Å². The maximum absolute atomic E-state index is 13.0. The first-order valence-corrected chi connectivity index (χ1v) is 11.5. The number of halogens is 1. The zero-order valence-corrected chi connectivity index (χ0v) is 19.2. The van der Waals surface area contributed by atoms with Crippen LogP contribution < -0.4 is 10.5 Å². The van der Waals surface area contributed by atoms with Crippen molar-refractivity contribution in [1.82, 2.24) is 14.7 Å². The van der Waals surface area contributed by atoms with Crippen molar-refractivity contribution in [1.29, 1.82) is 0 Å². The number of carbonyl (C=O) groups excluding carboxylic acids is 1. The molecule has 0 atom stereocenters. The third-order valence-electron chi connectivity index (χ3n) is 6.05. The van der Waals surface area contributed by atoms with E-state index in [1.807, 2.05) is 82.6 Å². The van der Waals surface area contributed by atoms with Gasteiger partial charge in [-0.1, -0.05) is 72.3 Å². The summed E-state index contributed by atoms with van der Waals surface area (Å²) in [5.41, 5.74) is 3.76. The lowest BCUT2D eigenvalue weighted by Crippen LogP contribution is -2.49. The lowest BCUT2D eigenvalue weighted by molar-refractivity contribution is 0.0747. The molecule has 0 N–H and O–H groups in total. The molecule has 4 aromatic rings. The summed E-state index contributed by atoms with van der Waals surface area (Å²) >= 11 is 6.45. The molecule has 1 amide bonds. The maximum Gasteiger partial charge on any atom is 0.292 e. The molecule has 1 saturated heterocycles. The van der Waals surface area contributed by atoms with E-state index in [1.165, 1.54) is 4.68 Å². The highest BCUT2D eigenvalue weighted by Gasteiger charge is 2.25. The minimum Gasteiger partial charge on any atom is -0.365 e. The van der Waals surface area contributed by atoms with Crippen molar-refractivity contribution in [2.45, 2.75) is 0 Å². The third-order valence-corrected chi connectivity index (χ3v) is 6.40. The highest BCUT2D eigenvalue weighted by molar-refractivity contribution is 6.33. The number of piperazine rings is 1. The highest BCUT2D eigenvalue weighted by Crippen LogP contribution is 2.24. The van der Waals surface area contributed by atoms with E-state index in [-0.39, 0.29) is 16.5 Å². The number of anilines is 1. The van der Waals surface area contributed by atoms with Crippen LogP contribution in [0.5, 0.6) is 0 Å². The molecule has 3 aromatic carbocycles. The minimum atomic E-state index is -0.359. The van der Waals surface area contributed by atoms with Crippen LogP contribution in [0.1, 0.15) is 10.4 Å². The van der Waals surface area contributed by atoms with Gasteiger partial charge < -0.3 is 9.80 Å². The first-order valence-electron chi connectivity index (χ1n) is 11.1. The number of benzene rings is 3. The van der Waals surface area contributed by atoms with E-state index >= 15 is 0 Å². The lowest BCUT2D eigenvalue weighted by atomic mass is 10.0. The van der Waals surface area contributed by atoms with Crippen molar-refractivity contribution in [3.05, 3.63) is 112 Å². The van der Waals surface area contributed by atoms with Gasteiger partial charge in [0.25, 0.3) is 11.5 Å². The first kappa shape index (κ1) is 21.9. The Morgan fingerprint density at radius 1 is 0.765 bits per heavy atom. The molecule has 7 heteroatoms. The zero-order chi connectivity index (χ0) is 23.5. The monoisotopic (exact) mass is 470 g/mol. The van der Waals surface area contributed by atoms with Crippen LogP contribution in [0.15, 0.2) is 95.9 Å². The van der Waals surface area contributed by atoms with Gasteiger partial charge in [-0.2, -0.15) is 9.78 Å². The fraction of sp³-hybridized carbons (Fsp3) is 0.148. The van der Waals surface area contributed by atoms with Crippen LogP contribution in [0.25, 0.3) is 16.8 Å². The molecule has 1 aromatic heterocycles. The first-order chi connectivity index (χ1) is 16.6. The molecule has 2 heterocycles. The standard InChI is InChI=1S/C27H23ClN4O2/c28-25-24(19-29-32(27(25)34)23-9-5-2-6-10-23)30-15-17-31(18-16-30)26(33)22-13-11-21(12-14-22)20-7-3-1-4-8-20/h1-14,19H,15-18H2. The predicted octanol–water partition coefficient (Wildman–Crippen LogP) is 4.52. The van der Waals surface area contributed by atoms with Crippen molar-refractivity contribution in [2.75, 3.05) is 31.1 Å². The van der Waals surface area contributed by atoms with E-state index in [2.05, 4.69) is 5.10 Å². The Labute approximate surface area is 202 Å². The Kier molecular flexibility index (Phi) is 6.14. The molecule has 0 aliphatic carbocycles. The Morgan fingerprint density at radius 3 is 2.00 bits per heavy atom. The van der Waals surface area contributed by atoms with Gasteiger partial charge in [0.05, 0.1) is 17.6 Å². The van der Waals surface area contributed by atoms with Crippen molar-refractivity contribution in [3.8, 4) is 16.8 Å². The summed E-state index contributed by atoms with van der Waals surface area (Å²) < 4.78 is 1.30. The minimum absolute atomic E-state index is 0.00276. The van der Waals surface area contributed by atoms with Gasteiger partial charge >= 0.3 is 0 Å². The SMILES string of the molecule is O=C(c1ccc(-c2ccccc2)cc1)N1CCN(c2cnn(-c3ccccc3)c(=O)c2Cl)CC1. The quantitative estimate of drug-likeness (QED) is 0.440. The largest absolute Gasteiger partial charge is 0.365 e. The number of para-hydroxylation sites is 1. The van der Waals surface area contributed by atoms with Crippen molar-refractivity contribution in [3.63, 3.8) is 0 Å². The molecular weight excluding hydrogens is 448 g/mol. The average Bonchev–Trinajstić information content (AvgIpc) is 2.91. The van der Waals surface area contributed by atoms with Gasteiger partial charge in [-0.05, 0) is 35.4 Å². The van der Waals surface area contributed by atoms with Crippen LogP contribution in [-0.2, 0) is 0 Å². The molecular formula is C27H23ClN4O2. The number of rotatable bonds is 4. The molecule has 0 bridgehead atoms. The fourth-order valence-corrected chi connectivity index (χ4v) is 4.41. The number of carbonyl (C=O) groups is 1. The van der Waals surface area contributed by atoms with Gasteiger partial charge in [-0.25, -0.2) is 0 Å². The highest BCUT2D eigenvalue weighted by atomic mass is 35.5. The van der Waals surface area contributed by atoms with Crippen LogP contribution in [0.4, 0.5) is 5.69 Å². The van der Waals surface area contributed by atoms with E-state index in [1.54, 1.807) is 18.3 Å². The summed E-state index contributed by atoms with van der Waals surface area (Å²) in [6.45, 7) is 2.22. The molecule has 1 aliphatic heterocycles. The summed E-state index contributed by atoms with van der Waals surface area (Å²) in [5.74, 6) is 0.00276. The van der Waals surface area contributed by atoms with Crippen molar-refractivity contribution in [2.24, 2.45) is 0 Å². The molecule has 6 nitrogen and oxygen atoms in total. The molecule has 0 unspecified atom stereocenters. The van der Waals surface area contributed by atoms with Crippen LogP contribution in [0, 0.1) is 0 Å². The number of amides is 1. The average molecular weight is 471 g/mol. The van der Waals surface area contributed by atoms with E-state index in [0.29, 0.717) is 43.1 Å². The van der Waals surface area contributed by atoms with Crippen LogP contribution in [-0.4, -0.2) is 46.8 Å². The normalized spacial score (nSPS) is 13.7. The van der Waals surface area contributed by atoms with Gasteiger partial charge in [-0.15, -0.1) is 0 Å². The van der Waals surface area contributed by atoms with Crippen LogP contribution in [0.3, 0.4) is 0 Å². The molecule has 1 aliphatic rings. The summed E-state index contributed by atoms with van der Waals surface area (Å²) in [4.78, 5) is 29.7. The number of aromatic nitrogens is 2. The van der Waals surface area contributed by atoms with Crippen LogP contribution in [0.2, 0.25) is 5.02 Å². The topological polar surface area (TPSA) is 58.4 Å². The van der Waals surface area contributed by atoms with E-state index in [0.717, 1.165) is 11.1 Å². The second kappa shape index (κ2) is 9.53. The molecule has 0 radical (unpaired) electrons. The van der Waals surface area contributed by atoms with Gasteiger partial charge in [0.2, 0.25) is 0 Å². The van der Waals surface area contributed by atoms with Gasteiger partial charge in [0.15, 0.2) is 0 Å². The molecule has 34 heavy (non-hydrogen) atoms. The number of hydrogen-bond donors (Lipinski definition) is 0. The van der Waals surface area contributed by atoms with Gasteiger partial charge in [-0.3, -0.25) is 9.59 Å². The number of nitrogens with zero attached hydrogens (tertiary/aromatic N) is 4. The summed E-state index contributed by atoms with van der Waals surface area (Å²) in [6, 6.07) is 27.0. The second-order valence-electron chi connectivity index (χ2n) is 8.12. The summed E-state index contributed by atoms with van der Waals surface area (Å²) in [7, 11) is 0. The van der Waals surface area contributed by atoms with Gasteiger partial charge in [0.1, 0.15) is 5.02 Å². The Morgan fingerprint density at radius 2 is 1.35 bits per heavy atom. The molecule has 1 fully saturated rings. The predicted molar refractivity (Wildman–Crippen MR) is 135 cm³/mol.